The zero-order chi connectivity index (χ0) is 70.8. The number of hydrogen-bond acceptors (Lipinski definition) is 5. The molecule has 10 rings (SSSR count). The van der Waals surface area contributed by atoms with Gasteiger partial charge in [0, 0.05) is 15.9 Å². The van der Waals surface area contributed by atoms with Gasteiger partial charge >= 0.3 is 0 Å². The van der Waals surface area contributed by atoms with Gasteiger partial charge in [0.25, 0.3) is 0 Å². The molecule has 0 bridgehead atoms. The van der Waals surface area contributed by atoms with Gasteiger partial charge in [0.2, 0.25) is 0 Å². The molecule has 540 valence electrons. The lowest BCUT2D eigenvalue weighted by atomic mass is 9.70. The number of fused-ring (bicyclic) bond motifs is 3. The van der Waals surface area contributed by atoms with Gasteiger partial charge in [-0.25, -0.2) is 0 Å². The molecule has 1 heterocycles. The van der Waals surface area contributed by atoms with Crippen molar-refractivity contribution in [3.63, 3.8) is 0 Å². The van der Waals surface area contributed by atoms with Crippen molar-refractivity contribution in [1.82, 2.24) is 0 Å². The van der Waals surface area contributed by atoms with Crippen LogP contribution in [0.1, 0.15) is 275 Å². The summed E-state index contributed by atoms with van der Waals surface area (Å²) in [6.07, 6.45) is 32.7. The van der Waals surface area contributed by atoms with Crippen molar-refractivity contribution < 1.29 is 18.9 Å². The van der Waals surface area contributed by atoms with E-state index in [1.165, 1.54) is 218 Å². The predicted molar refractivity (Wildman–Crippen MR) is 437 cm³/mol. The van der Waals surface area contributed by atoms with Gasteiger partial charge in [0.1, 0.15) is 23.0 Å². The highest BCUT2D eigenvalue weighted by molar-refractivity contribution is 8.00. The second kappa shape index (κ2) is 39.8. The summed E-state index contributed by atoms with van der Waals surface area (Å²) in [7, 11) is 0. The molecule has 0 saturated carbocycles. The molecule has 1 saturated heterocycles. The second-order valence-corrected chi connectivity index (χ2v) is 31.7. The fourth-order valence-electron chi connectivity index (χ4n) is 16.0. The fraction of sp³-hybridized carbons (Fsp3) is 0.500. The Hall–Kier alpha value is -6.69. The summed E-state index contributed by atoms with van der Waals surface area (Å²) in [5.41, 5.74) is 21.2. The Morgan fingerprint density at radius 3 is 0.990 bits per heavy atom. The van der Waals surface area contributed by atoms with E-state index >= 15 is 0 Å². The highest BCUT2D eigenvalue weighted by Crippen LogP contribution is 2.59. The van der Waals surface area contributed by atoms with E-state index in [1.807, 2.05) is 0 Å². The smallest absolute Gasteiger partial charge is 0.119 e. The number of hydrogen-bond donors (Lipinski definition) is 0. The molecule has 2 aliphatic rings. The SMILES string of the molecule is CCCCCCC1(CCCCCC)c2cc(-c3cc(-c4ccc(OCC(CC)CCCC)cc4)cc(-c4ccc(OCC(CC)CCCC)cc4)c3)ccc2-c2ccc(C3CCC(c4cc(-c5ccc(OCC(CC)CCC)cc5)cc(-c5ccc(OCC(CC)CCCC)cc5)c4)S3)cc21. The van der Waals surface area contributed by atoms with E-state index in [-0.39, 0.29) is 5.41 Å². The van der Waals surface area contributed by atoms with Crippen LogP contribution < -0.4 is 18.9 Å². The molecule has 6 unspecified atom stereocenters. The Morgan fingerprint density at radius 2 is 0.624 bits per heavy atom. The van der Waals surface area contributed by atoms with E-state index in [1.54, 1.807) is 5.56 Å². The zero-order valence-electron chi connectivity index (χ0n) is 64.1. The molecule has 1 fully saturated rings. The molecule has 6 atom stereocenters. The van der Waals surface area contributed by atoms with Gasteiger partial charge < -0.3 is 18.9 Å². The van der Waals surface area contributed by atoms with Gasteiger partial charge in [0.05, 0.1) is 26.4 Å². The molecule has 101 heavy (non-hydrogen) atoms. The molecule has 4 nitrogen and oxygen atoms in total. The minimum Gasteiger partial charge on any atom is -0.493 e. The fourth-order valence-corrected chi connectivity index (χ4v) is 17.6. The first-order valence-electron chi connectivity index (χ1n) is 40.7. The van der Waals surface area contributed by atoms with E-state index in [0.717, 1.165) is 88.0 Å². The number of ether oxygens (including phenoxy) is 4. The van der Waals surface area contributed by atoms with Crippen molar-refractivity contribution in [2.75, 3.05) is 26.4 Å². The lowest BCUT2D eigenvalue weighted by molar-refractivity contribution is 0.233. The molecule has 1 aliphatic heterocycles. The van der Waals surface area contributed by atoms with Crippen LogP contribution in [0.2, 0.25) is 0 Å². The van der Waals surface area contributed by atoms with Crippen molar-refractivity contribution in [1.29, 1.82) is 0 Å². The second-order valence-electron chi connectivity index (χ2n) is 30.3. The lowest BCUT2D eigenvalue weighted by Gasteiger charge is -2.34. The Morgan fingerprint density at radius 1 is 0.297 bits per heavy atom. The van der Waals surface area contributed by atoms with Crippen molar-refractivity contribution >= 4 is 11.8 Å². The van der Waals surface area contributed by atoms with Crippen LogP contribution in [0.5, 0.6) is 23.0 Å². The van der Waals surface area contributed by atoms with Crippen molar-refractivity contribution in [3.05, 3.63) is 192 Å². The lowest BCUT2D eigenvalue weighted by Crippen LogP contribution is -2.26. The molecule has 8 aromatic rings. The van der Waals surface area contributed by atoms with Crippen molar-refractivity contribution in [2.24, 2.45) is 23.7 Å². The molecular weight excluding hydrogens is 1250 g/mol. The molecule has 5 heteroatoms. The van der Waals surface area contributed by atoms with E-state index in [4.69, 9.17) is 18.9 Å². The van der Waals surface area contributed by atoms with Gasteiger partial charge in [-0.05, 0) is 255 Å². The largest absolute Gasteiger partial charge is 0.493 e. The Labute approximate surface area is 617 Å². The third kappa shape index (κ3) is 20.8. The van der Waals surface area contributed by atoms with Crippen LogP contribution in [0.3, 0.4) is 0 Å². The molecule has 8 aromatic carbocycles. The summed E-state index contributed by atoms with van der Waals surface area (Å²) in [5, 5.41) is 0.760. The Balaban J connectivity index is 0.988. The number of thioether (sulfide) groups is 1. The Kier molecular flexibility index (Phi) is 30.3. The van der Waals surface area contributed by atoms with Gasteiger partial charge in [-0.2, -0.15) is 0 Å². The minimum atomic E-state index is -0.0853. The normalized spacial score (nSPS) is 15.8. The van der Waals surface area contributed by atoms with Crippen LogP contribution in [0.4, 0.5) is 0 Å². The van der Waals surface area contributed by atoms with E-state index in [2.05, 4.69) is 251 Å². The van der Waals surface area contributed by atoms with E-state index < -0.39 is 0 Å². The monoisotopic (exact) mass is 1370 g/mol. The van der Waals surface area contributed by atoms with Crippen LogP contribution >= 0.6 is 11.8 Å². The molecule has 0 N–H and O–H groups in total. The summed E-state index contributed by atoms with van der Waals surface area (Å²) in [4.78, 5) is 0. The van der Waals surface area contributed by atoms with Gasteiger partial charge in [-0.1, -0.05) is 270 Å². The maximum atomic E-state index is 6.49. The quantitative estimate of drug-likeness (QED) is 0.0356. The van der Waals surface area contributed by atoms with Crippen LogP contribution in [0.25, 0.3) is 66.8 Å². The van der Waals surface area contributed by atoms with Gasteiger partial charge in [-0.3, -0.25) is 0 Å². The average molecular weight is 1380 g/mol. The summed E-state index contributed by atoms with van der Waals surface area (Å²) in [5.74, 6) is 6.15. The summed E-state index contributed by atoms with van der Waals surface area (Å²) < 4.78 is 25.9. The molecule has 0 spiro atoms. The number of benzene rings is 8. The summed E-state index contributed by atoms with van der Waals surface area (Å²) in [6, 6.07) is 65.9. The van der Waals surface area contributed by atoms with Gasteiger partial charge in [0.15, 0.2) is 0 Å². The van der Waals surface area contributed by atoms with Crippen molar-refractivity contribution in [2.45, 2.75) is 259 Å². The highest BCUT2D eigenvalue weighted by atomic mass is 32.2. The molecule has 1 aliphatic carbocycles. The van der Waals surface area contributed by atoms with Crippen LogP contribution in [0.15, 0.2) is 170 Å². The average Bonchev–Trinajstić information content (AvgIpc) is 1.56. The maximum absolute atomic E-state index is 6.49. The summed E-state index contributed by atoms with van der Waals surface area (Å²) >= 11 is 2.20. The predicted octanol–water partition coefficient (Wildman–Crippen LogP) is 29.5. The standard InChI is InChI=1S/C96H126O4S/c1-11-21-26-28-56-96(57-29-27-22-12-2)92-64-78(84-60-80(74-34-44-87(45-35-74)98-67-71(18-8)31-23-13-3)58-81(61-84)75-36-46-88(47-37-75)99-68-72(19-9)32-24-14-4)42-52-90(92)91-53-43-79(65-93(91)96)94-54-55-95(101-94)85-62-82(76-38-48-86(49-39-76)97-66-70(17-7)30-16-6)59-83(63-85)77-40-50-89(51-41-77)100-69-73(20-10)33-25-15-5/h34-53,58-65,70-73,94-95H,11-33,54-57,66-69H2,1-10H3. The molecular formula is C96H126O4S. The van der Waals surface area contributed by atoms with E-state index in [9.17, 15) is 0 Å². The van der Waals surface area contributed by atoms with Crippen LogP contribution in [0, 0.1) is 23.7 Å². The zero-order valence-corrected chi connectivity index (χ0v) is 64.9. The Bertz CT molecular complexity index is 3640. The number of unbranched alkanes of at least 4 members (excludes halogenated alkanes) is 9. The molecule has 0 aromatic heterocycles. The first-order chi connectivity index (χ1) is 49.6. The van der Waals surface area contributed by atoms with Gasteiger partial charge in [-0.15, -0.1) is 11.8 Å². The molecule has 0 amide bonds. The highest BCUT2D eigenvalue weighted by Gasteiger charge is 2.43. The topological polar surface area (TPSA) is 36.9 Å². The van der Waals surface area contributed by atoms with Crippen molar-refractivity contribution in [3.8, 4) is 89.8 Å². The third-order valence-corrected chi connectivity index (χ3v) is 24.6. The maximum Gasteiger partial charge on any atom is 0.119 e. The number of rotatable bonds is 44. The summed E-state index contributed by atoms with van der Waals surface area (Å²) in [6.45, 7) is 26.1. The van der Waals surface area contributed by atoms with Crippen LogP contribution in [-0.2, 0) is 5.41 Å². The third-order valence-electron chi connectivity index (χ3n) is 22.9. The first kappa shape index (κ1) is 76.9. The van der Waals surface area contributed by atoms with E-state index in [0.29, 0.717) is 34.2 Å². The van der Waals surface area contributed by atoms with Crippen LogP contribution in [-0.4, -0.2) is 26.4 Å². The first-order valence-corrected chi connectivity index (χ1v) is 41.7. The molecule has 0 radical (unpaired) electrons. The minimum absolute atomic E-state index is 0.0853.